The molecule has 5 aromatic rings. The first-order valence-electron chi connectivity index (χ1n) is 14.7. The van der Waals surface area contributed by atoms with Gasteiger partial charge in [-0.15, -0.1) is 0 Å². The van der Waals surface area contributed by atoms with Crippen molar-refractivity contribution in [1.29, 1.82) is 0 Å². The number of carbonyl (C=O) groups excluding carboxylic acids is 4. The Bertz CT molecular complexity index is 2060. The number of fused-ring (bicyclic) bond motifs is 2. The zero-order chi connectivity index (χ0) is 32.2. The van der Waals surface area contributed by atoms with Crippen LogP contribution in [0.1, 0.15) is 72.0 Å². The molecule has 0 bridgehead atoms. The first-order valence-corrected chi connectivity index (χ1v) is 14.7. The topological polar surface area (TPSA) is 102 Å². The van der Waals surface area contributed by atoms with Crippen LogP contribution in [-0.2, 0) is 5.41 Å². The largest absolute Gasteiger partial charge is 0.457 e. The summed E-state index contributed by atoms with van der Waals surface area (Å²) >= 11 is 0. The number of benzene rings is 5. The van der Waals surface area contributed by atoms with Crippen molar-refractivity contribution in [2.75, 3.05) is 4.90 Å². The molecule has 2 aliphatic heterocycles. The molecule has 0 saturated heterocycles. The number of amides is 4. The molecule has 0 fully saturated rings. The zero-order valence-corrected chi connectivity index (χ0v) is 25.3. The fourth-order valence-corrected chi connectivity index (χ4v) is 5.74. The Morgan fingerprint density at radius 3 is 1.54 bits per heavy atom. The van der Waals surface area contributed by atoms with Gasteiger partial charge in [0.2, 0.25) is 0 Å². The summed E-state index contributed by atoms with van der Waals surface area (Å²) in [6.07, 6.45) is 0. The van der Waals surface area contributed by atoms with E-state index in [9.17, 15) is 19.2 Å². The molecule has 2 heterocycles. The van der Waals surface area contributed by atoms with Gasteiger partial charge in [-0.05, 0) is 90.8 Å². The van der Waals surface area contributed by atoms with Crippen LogP contribution in [0.25, 0.3) is 0 Å². The normalized spacial score (nSPS) is 13.8. The van der Waals surface area contributed by atoms with Gasteiger partial charge in [-0.2, -0.15) is 0 Å². The molecular formula is C38H28N2O6. The number of nitrogens with one attached hydrogen (secondary N) is 1. The minimum absolute atomic E-state index is 0.303. The van der Waals surface area contributed by atoms with E-state index in [1.165, 1.54) is 4.90 Å². The predicted molar refractivity (Wildman–Crippen MR) is 172 cm³/mol. The molecule has 0 aromatic heterocycles. The number of carbonyl (C=O) groups is 4. The lowest BCUT2D eigenvalue weighted by atomic mass is 9.78. The molecule has 0 unspecified atom stereocenters. The maximum atomic E-state index is 13.2. The van der Waals surface area contributed by atoms with Crippen LogP contribution in [0.3, 0.4) is 0 Å². The van der Waals surface area contributed by atoms with Crippen LogP contribution < -0.4 is 19.7 Å². The van der Waals surface area contributed by atoms with Gasteiger partial charge in [-0.1, -0.05) is 55.8 Å². The summed E-state index contributed by atoms with van der Waals surface area (Å²) in [6.45, 7) is 6.19. The smallest absolute Gasteiger partial charge is 0.266 e. The van der Waals surface area contributed by atoms with Gasteiger partial charge in [-0.3, -0.25) is 24.5 Å². The van der Waals surface area contributed by atoms with Crippen LogP contribution >= 0.6 is 0 Å². The van der Waals surface area contributed by atoms with Gasteiger partial charge >= 0.3 is 0 Å². The van der Waals surface area contributed by atoms with Crippen molar-refractivity contribution in [1.82, 2.24) is 5.32 Å². The highest BCUT2D eigenvalue weighted by atomic mass is 16.5. The number of imide groups is 2. The summed E-state index contributed by atoms with van der Waals surface area (Å²) < 4.78 is 12.0. The van der Waals surface area contributed by atoms with Crippen LogP contribution in [-0.4, -0.2) is 23.6 Å². The fourth-order valence-electron chi connectivity index (χ4n) is 5.74. The van der Waals surface area contributed by atoms with Crippen LogP contribution in [0.2, 0.25) is 0 Å². The molecular weight excluding hydrogens is 580 g/mol. The van der Waals surface area contributed by atoms with Gasteiger partial charge in [0, 0.05) is 5.41 Å². The van der Waals surface area contributed by atoms with Crippen molar-refractivity contribution >= 4 is 29.3 Å². The Hall–Kier alpha value is -6.02. The summed E-state index contributed by atoms with van der Waals surface area (Å²) in [7, 11) is 0. The summed E-state index contributed by atoms with van der Waals surface area (Å²) in [4.78, 5) is 51.2. The molecule has 8 nitrogen and oxygen atoms in total. The molecule has 226 valence electrons. The third-order valence-corrected chi connectivity index (χ3v) is 8.48. The SMILES string of the molecule is Cc1ccc(N2C(=O)c3ccc(Oc4ccc(C(C)(C)c5ccc(Oc6ccc7c(c6)C(=O)NC7=O)cc5)cc4)cc3C2=O)cc1. The molecule has 0 saturated carbocycles. The highest BCUT2D eigenvalue weighted by molar-refractivity contribution is 6.34. The van der Waals surface area contributed by atoms with Crippen molar-refractivity contribution in [2.24, 2.45) is 0 Å². The second-order valence-electron chi connectivity index (χ2n) is 11.9. The van der Waals surface area contributed by atoms with Crippen molar-refractivity contribution in [3.05, 3.63) is 148 Å². The number of ether oxygens (including phenoxy) is 2. The standard InChI is InChI=1S/C38H28N2O6/c1-22-4-10-25(11-5-22)40-36(43)31-19-17-29(21-33(31)37(40)44)46-27-14-8-24(9-15-27)38(2,3)23-6-12-26(13-7-23)45-28-16-18-30-32(20-28)35(42)39-34(30)41/h4-21H,1-3H3,(H,39,41,42). The first kappa shape index (κ1) is 28.7. The number of aryl methyl sites for hydroxylation is 1. The zero-order valence-electron chi connectivity index (χ0n) is 25.3. The van der Waals surface area contributed by atoms with Crippen molar-refractivity contribution in [2.45, 2.75) is 26.2 Å². The van der Waals surface area contributed by atoms with Crippen LogP contribution in [0.15, 0.2) is 109 Å². The van der Waals surface area contributed by atoms with Crippen LogP contribution in [0, 0.1) is 6.92 Å². The average Bonchev–Trinajstić information content (AvgIpc) is 3.47. The summed E-state index contributed by atoms with van der Waals surface area (Å²) in [5.74, 6) is 0.571. The predicted octanol–water partition coefficient (Wildman–Crippen LogP) is 7.59. The molecule has 4 amide bonds. The Morgan fingerprint density at radius 1 is 0.522 bits per heavy atom. The lowest BCUT2D eigenvalue weighted by Gasteiger charge is -2.26. The van der Waals surface area contributed by atoms with E-state index in [-0.39, 0.29) is 17.2 Å². The van der Waals surface area contributed by atoms with Crippen LogP contribution in [0.5, 0.6) is 23.0 Å². The summed E-state index contributed by atoms with van der Waals surface area (Å²) in [5.41, 5.74) is 4.66. The monoisotopic (exact) mass is 608 g/mol. The molecule has 0 radical (unpaired) electrons. The van der Waals surface area contributed by atoms with E-state index in [4.69, 9.17) is 9.47 Å². The van der Waals surface area contributed by atoms with E-state index in [0.29, 0.717) is 50.9 Å². The second-order valence-corrected chi connectivity index (χ2v) is 11.9. The van der Waals surface area contributed by atoms with Crippen molar-refractivity contribution in [3.8, 4) is 23.0 Å². The van der Waals surface area contributed by atoms with E-state index >= 15 is 0 Å². The van der Waals surface area contributed by atoms with Crippen LogP contribution in [0.4, 0.5) is 5.69 Å². The average molecular weight is 609 g/mol. The third kappa shape index (κ3) is 4.99. The van der Waals surface area contributed by atoms with E-state index < -0.39 is 11.8 Å². The Labute approximate surface area is 265 Å². The number of nitrogens with zero attached hydrogens (tertiary/aromatic N) is 1. The Balaban J connectivity index is 1.04. The quantitative estimate of drug-likeness (QED) is 0.191. The van der Waals surface area contributed by atoms with E-state index in [1.54, 1.807) is 48.5 Å². The molecule has 1 N–H and O–H groups in total. The van der Waals surface area contributed by atoms with Gasteiger partial charge in [-0.25, -0.2) is 4.90 Å². The lowest BCUT2D eigenvalue weighted by molar-refractivity contribution is 0.0874. The highest BCUT2D eigenvalue weighted by Gasteiger charge is 2.37. The van der Waals surface area contributed by atoms with Gasteiger partial charge < -0.3 is 9.47 Å². The number of hydrogen-bond donors (Lipinski definition) is 1. The minimum Gasteiger partial charge on any atom is -0.457 e. The van der Waals surface area contributed by atoms with Gasteiger partial charge in [0.25, 0.3) is 23.6 Å². The van der Waals surface area contributed by atoms with E-state index in [1.807, 2.05) is 67.6 Å². The third-order valence-electron chi connectivity index (χ3n) is 8.48. The highest BCUT2D eigenvalue weighted by Crippen LogP contribution is 2.36. The molecule has 0 atom stereocenters. The molecule has 8 heteroatoms. The number of anilines is 1. The Kier molecular flexibility index (Phi) is 6.78. The second kappa shape index (κ2) is 10.9. The van der Waals surface area contributed by atoms with Gasteiger partial charge in [0.1, 0.15) is 23.0 Å². The molecule has 7 rings (SSSR count). The van der Waals surface area contributed by atoms with E-state index in [2.05, 4.69) is 19.2 Å². The van der Waals surface area contributed by atoms with Gasteiger partial charge in [0.15, 0.2) is 0 Å². The lowest BCUT2D eigenvalue weighted by Crippen LogP contribution is -2.29. The molecule has 5 aromatic carbocycles. The van der Waals surface area contributed by atoms with Crippen molar-refractivity contribution in [3.63, 3.8) is 0 Å². The molecule has 2 aliphatic rings. The first-order chi connectivity index (χ1) is 22.1. The number of hydrogen-bond acceptors (Lipinski definition) is 6. The maximum Gasteiger partial charge on any atom is 0.266 e. The molecule has 0 aliphatic carbocycles. The van der Waals surface area contributed by atoms with Crippen molar-refractivity contribution < 1.29 is 28.7 Å². The molecule has 46 heavy (non-hydrogen) atoms. The van der Waals surface area contributed by atoms with Gasteiger partial charge in [0.05, 0.1) is 27.9 Å². The number of rotatable bonds is 7. The fraction of sp³-hybridized carbons (Fsp3) is 0.105. The summed E-state index contributed by atoms with van der Waals surface area (Å²) in [6, 6.07) is 32.5. The molecule has 0 spiro atoms. The Morgan fingerprint density at radius 2 is 0.978 bits per heavy atom. The minimum atomic E-state index is -0.428. The summed E-state index contributed by atoms with van der Waals surface area (Å²) in [5, 5.41) is 2.28. The van der Waals surface area contributed by atoms with E-state index in [0.717, 1.165) is 16.7 Å². The maximum absolute atomic E-state index is 13.2.